The molecule has 0 saturated heterocycles. The van der Waals surface area contributed by atoms with E-state index in [9.17, 15) is 13.2 Å². The maximum Gasteiger partial charge on any atom is 0.416 e. The molecule has 1 aromatic heterocycles. The summed E-state index contributed by atoms with van der Waals surface area (Å²) in [4.78, 5) is 5.70. The van der Waals surface area contributed by atoms with Gasteiger partial charge < -0.3 is 10.6 Å². The molecule has 0 aliphatic rings. The number of nitrogens with two attached hydrogens (primary N) is 1. The van der Waals surface area contributed by atoms with Gasteiger partial charge in [0.1, 0.15) is 11.6 Å². The van der Waals surface area contributed by atoms with Gasteiger partial charge in [-0.25, -0.2) is 4.98 Å². The van der Waals surface area contributed by atoms with Gasteiger partial charge in [-0.2, -0.15) is 13.2 Å². The number of alkyl halides is 3. The van der Waals surface area contributed by atoms with Crippen molar-refractivity contribution in [2.45, 2.75) is 39.9 Å². The predicted octanol–water partition coefficient (Wildman–Crippen LogP) is 3.55. The van der Waals surface area contributed by atoms with Crippen molar-refractivity contribution >= 4 is 11.6 Å². The molecule has 19 heavy (non-hydrogen) atoms. The highest BCUT2D eigenvalue weighted by Gasteiger charge is 2.33. The fraction of sp³-hybridized carbons (Fsp3) is 0.615. The third kappa shape index (κ3) is 3.75. The Labute approximate surface area is 111 Å². The van der Waals surface area contributed by atoms with Gasteiger partial charge in [-0.1, -0.05) is 20.8 Å². The van der Waals surface area contributed by atoms with Crippen LogP contribution in [0.3, 0.4) is 0 Å². The quantitative estimate of drug-likeness (QED) is 0.897. The molecule has 1 unspecified atom stereocenters. The second kappa shape index (κ2) is 4.90. The Bertz CT molecular complexity index is 449. The first-order valence-corrected chi connectivity index (χ1v) is 6.00. The Morgan fingerprint density at radius 1 is 1.21 bits per heavy atom. The van der Waals surface area contributed by atoms with E-state index in [1.165, 1.54) is 0 Å². The molecule has 0 aromatic carbocycles. The lowest BCUT2D eigenvalue weighted by Crippen LogP contribution is -2.40. The molecule has 1 heterocycles. The number of nitrogen functional groups attached to an aromatic ring is 1. The second-order valence-corrected chi connectivity index (χ2v) is 5.79. The Balaban J connectivity index is 3.18. The van der Waals surface area contributed by atoms with Gasteiger partial charge in [-0.3, -0.25) is 0 Å². The average molecular weight is 275 g/mol. The second-order valence-electron chi connectivity index (χ2n) is 5.79. The molecule has 0 aliphatic heterocycles. The summed E-state index contributed by atoms with van der Waals surface area (Å²) >= 11 is 0. The summed E-state index contributed by atoms with van der Waals surface area (Å²) in [6.07, 6.45) is -4.42. The molecule has 1 aromatic rings. The van der Waals surface area contributed by atoms with E-state index in [1.807, 2.05) is 27.7 Å². The van der Waals surface area contributed by atoms with Crippen molar-refractivity contribution in [2.75, 3.05) is 17.7 Å². The Hall–Kier alpha value is -1.46. The normalized spacial score (nSPS) is 14.3. The maximum absolute atomic E-state index is 12.7. The van der Waals surface area contributed by atoms with E-state index >= 15 is 0 Å². The van der Waals surface area contributed by atoms with Crippen molar-refractivity contribution in [3.8, 4) is 0 Å². The molecule has 108 valence electrons. The monoisotopic (exact) mass is 275 g/mol. The van der Waals surface area contributed by atoms with Gasteiger partial charge in [-0.05, 0) is 24.5 Å². The van der Waals surface area contributed by atoms with Gasteiger partial charge in [-0.15, -0.1) is 0 Å². The van der Waals surface area contributed by atoms with Crippen LogP contribution in [0, 0.1) is 5.41 Å². The molecule has 0 radical (unpaired) electrons. The van der Waals surface area contributed by atoms with E-state index in [2.05, 4.69) is 4.98 Å². The molecule has 0 bridgehead atoms. The Kier molecular flexibility index (Phi) is 4.03. The summed E-state index contributed by atoms with van der Waals surface area (Å²) in [5.41, 5.74) is 4.61. The molecule has 3 nitrogen and oxygen atoms in total. The van der Waals surface area contributed by atoms with Crippen molar-refractivity contribution in [3.63, 3.8) is 0 Å². The third-order valence-corrected chi connectivity index (χ3v) is 3.35. The lowest BCUT2D eigenvalue weighted by Gasteiger charge is -2.36. The van der Waals surface area contributed by atoms with Crippen molar-refractivity contribution in [1.82, 2.24) is 4.98 Å². The van der Waals surface area contributed by atoms with Crippen LogP contribution in [0.25, 0.3) is 0 Å². The number of nitrogens with zero attached hydrogens (tertiary/aromatic N) is 2. The van der Waals surface area contributed by atoms with Crippen LogP contribution >= 0.6 is 0 Å². The van der Waals surface area contributed by atoms with Gasteiger partial charge in [0.25, 0.3) is 0 Å². The molecular weight excluding hydrogens is 255 g/mol. The predicted molar refractivity (Wildman–Crippen MR) is 71.0 cm³/mol. The number of aromatic nitrogens is 1. The molecule has 1 atom stereocenters. The molecule has 6 heteroatoms. The summed E-state index contributed by atoms with van der Waals surface area (Å²) in [6.45, 7) is 8.00. The van der Waals surface area contributed by atoms with Crippen LogP contribution in [-0.2, 0) is 6.18 Å². The number of halogens is 3. The number of pyridine rings is 1. The van der Waals surface area contributed by atoms with E-state index in [1.54, 1.807) is 11.9 Å². The fourth-order valence-electron chi connectivity index (χ4n) is 1.66. The summed E-state index contributed by atoms with van der Waals surface area (Å²) < 4.78 is 38.2. The number of anilines is 2. The minimum Gasteiger partial charge on any atom is -0.384 e. The van der Waals surface area contributed by atoms with E-state index in [0.29, 0.717) is 0 Å². The van der Waals surface area contributed by atoms with Crippen LogP contribution < -0.4 is 10.6 Å². The number of hydrogen-bond donors (Lipinski definition) is 1. The maximum atomic E-state index is 12.7. The molecular formula is C13H20F3N3. The van der Waals surface area contributed by atoms with Crippen LogP contribution in [-0.4, -0.2) is 18.1 Å². The summed E-state index contributed by atoms with van der Waals surface area (Å²) in [6, 6.07) is 1.89. The highest BCUT2D eigenvalue weighted by atomic mass is 19.4. The molecule has 0 aliphatic carbocycles. The lowest BCUT2D eigenvalue weighted by atomic mass is 9.87. The van der Waals surface area contributed by atoms with Crippen LogP contribution in [0.5, 0.6) is 0 Å². The lowest BCUT2D eigenvalue weighted by molar-refractivity contribution is -0.137. The van der Waals surface area contributed by atoms with Crippen molar-refractivity contribution in [2.24, 2.45) is 5.41 Å². The standard InChI is InChI=1S/C13H20F3N3/c1-8(12(2,3)4)19(5)11-7-9(13(14,15)16)6-10(17)18-11/h6-8H,1-5H3,(H2,17,18). The first-order valence-electron chi connectivity index (χ1n) is 6.00. The van der Waals surface area contributed by atoms with Crippen molar-refractivity contribution in [1.29, 1.82) is 0 Å². The van der Waals surface area contributed by atoms with E-state index in [4.69, 9.17) is 5.73 Å². The Morgan fingerprint density at radius 3 is 2.16 bits per heavy atom. The largest absolute Gasteiger partial charge is 0.416 e. The first kappa shape index (κ1) is 15.6. The minimum atomic E-state index is -4.42. The van der Waals surface area contributed by atoms with Crippen LogP contribution in [0.15, 0.2) is 12.1 Å². The van der Waals surface area contributed by atoms with Crippen molar-refractivity contribution in [3.05, 3.63) is 17.7 Å². The van der Waals surface area contributed by atoms with E-state index in [-0.39, 0.29) is 23.1 Å². The molecule has 0 amide bonds. The molecule has 1 rings (SSSR count). The van der Waals surface area contributed by atoms with Gasteiger partial charge in [0.05, 0.1) is 5.56 Å². The smallest absolute Gasteiger partial charge is 0.384 e. The molecule has 0 saturated carbocycles. The van der Waals surface area contributed by atoms with Crippen LogP contribution in [0.1, 0.15) is 33.3 Å². The van der Waals surface area contributed by atoms with Crippen molar-refractivity contribution < 1.29 is 13.2 Å². The van der Waals surface area contributed by atoms with Gasteiger partial charge in [0.2, 0.25) is 0 Å². The van der Waals surface area contributed by atoms with E-state index < -0.39 is 11.7 Å². The number of hydrogen-bond acceptors (Lipinski definition) is 3. The highest BCUT2D eigenvalue weighted by Crippen LogP contribution is 2.33. The fourth-order valence-corrected chi connectivity index (χ4v) is 1.66. The SMILES string of the molecule is CC(N(C)c1cc(C(F)(F)F)cc(N)n1)C(C)(C)C. The zero-order valence-electron chi connectivity index (χ0n) is 11.8. The topological polar surface area (TPSA) is 42.1 Å². The van der Waals surface area contributed by atoms with Crippen LogP contribution in [0.2, 0.25) is 0 Å². The van der Waals surface area contributed by atoms with E-state index in [0.717, 1.165) is 12.1 Å². The summed E-state index contributed by atoms with van der Waals surface area (Å²) in [5.74, 6) is 0.104. The zero-order chi connectivity index (χ0) is 15.0. The minimum absolute atomic E-state index is 0.0166. The van der Waals surface area contributed by atoms with Crippen LogP contribution in [0.4, 0.5) is 24.8 Å². The van der Waals surface area contributed by atoms with Gasteiger partial charge in [0, 0.05) is 13.1 Å². The first-order chi connectivity index (χ1) is 8.43. The Morgan fingerprint density at radius 2 is 1.74 bits per heavy atom. The number of rotatable bonds is 2. The average Bonchev–Trinajstić information content (AvgIpc) is 2.23. The molecule has 0 fully saturated rings. The summed E-state index contributed by atoms with van der Waals surface area (Å²) in [5, 5.41) is 0. The zero-order valence-corrected chi connectivity index (χ0v) is 11.8. The van der Waals surface area contributed by atoms with Gasteiger partial charge in [0.15, 0.2) is 0 Å². The molecule has 2 N–H and O–H groups in total. The third-order valence-electron chi connectivity index (χ3n) is 3.35. The highest BCUT2D eigenvalue weighted by molar-refractivity contribution is 5.49. The summed E-state index contributed by atoms with van der Waals surface area (Å²) in [7, 11) is 1.72. The van der Waals surface area contributed by atoms with Gasteiger partial charge >= 0.3 is 6.18 Å². The molecule has 0 spiro atoms.